The van der Waals surface area contributed by atoms with Gasteiger partial charge in [0.15, 0.2) is 11.6 Å². The Morgan fingerprint density at radius 1 is 1.06 bits per heavy atom. The van der Waals surface area contributed by atoms with E-state index < -0.39 is 11.6 Å². The maximum absolute atomic E-state index is 13.0. The number of hydrogen-bond donors (Lipinski definition) is 1. The van der Waals surface area contributed by atoms with E-state index in [4.69, 9.17) is 10.5 Å². The predicted molar refractivity (Wildman–Crippen MR) is 65.5 cm³/mol. The summed E-state index contributed by atoms with van der Waals surface area (Å²) in [5.74, 6) is -0.961. The maximum atomic E-state index is 13.0. The first-order valence-corrected chi connectivity index (χ1v) is 5.52. The van der Waals surface area contributed by atoms with Crippen LogP contribution in [0, 0.1) is 18.6 Å². The zero-order valence-corrected chi connectivity index (χ0v) is 9.91. The summed E-state index contributed by atoms with van der Waals surface area (Å²) in [6, 6.07) is 8.94. The minimum absolute atomic E-state index is 0.262. The fraction of sp³-hybridized carbons (Fsp3) is 0.143. The van der Waals surface area contributed by atoms with Gasteiger partial charge in [-0.25, -0.2) is 8.78 Å². The first-order valence-electron chi connectivity index (χ1n) is 5.52. The largest absolute Gasteiger partial charge is 0.457 e. The van der Waals surface area contributed by atoms with E-state index in [2.05, 4.69) is 0 Å². The Bertz CT molecular complexity index is 570. The Kier molecular flexibility index (Phi) is 3.58. The van der Waals surface area contributed by atoms with Crippen LogP contribution in [-0.4, -0.2) is 0 Å². The van der Waals surface area contributed by atoms with Crippen LogP contribution in [-0.2, 0) is 6.54 Å². The molecule has 4 heteroatoms. The highest BCUT2D eigenvalue weighted by molar-refractivity contribution is 5.39. The van der Waals surface area contributed by atoms with Crippen molar-refractivity contribution in [1.82, 2.24) is 0 Å². The van der Waals surface area contributed by atoms with Gasteiger partial charge in [0, 0.05) is 12.6 Å². The van der Waals surface area contributed by atoms with Crippen LogP contribution >= 0.6 is 0 Å². The summed E-state index contributed by atoms with van der Waals surface area (Å²) in [6.07, 6.45) is 0. The number of nitrogens with two attached hydrogens (primary N) is 1. The van der Waals surface area contributed by atoms with Gasteiger partial charge in [-0.1, -0.05) is 12.1 Å². The van der Waals surface area contributed by atoms with Crippen molar-refractivity contribution in [2.45, 2.75) is 13.5 Å². The molecule has 0 unspecified atom stereocenters. The standard InChI is InChI=1S/C14H13F2NO/c1-9-6-10(8-17)2-5-14(9)18-11-3-4-12(15)13(16)7-11/h2-7H,8,17H2,1H3. The molecular weight excluding hydrogens is 236 g/mol. The summed E-state index contributed by atoms with van der Waals surface area (Å²) in [6.45, 7) is 2.32. The van der Waals surface area contributed by atoms with Crippen molar-refractivity contribution in [2.24, 2.45) is 5.73 Å². The minimum Gasteiger partial charge on any atom is -0.457 e. The third-order valence-corrected chi connectivity index (χ3v) is 2.59. The average Bonchev–Trinajstić information content (AvgIpc) is 2.36. The summed E-state index contributed by atoms with van der Waals surface area (Å²) in [7, 11) is 0. The van der Waals surface area contributed by atoms with Crippen LogP contribution in [0.4, 0.5) is 8.78 Å². The number of ether oxygens (including phenoxy) is 1. The van der Waals surface area contributed by atoms with Crippen LogP contribution in [0.15, 0.2) is 36.4 Å². The molecule has 94 valence electrons. The summed E-state index contributed by atoms with van der Waals surface area (Å²) in [5, 5.41) is 0. The summed E-state index contributed by atoms with van der Waals surface area (Å²) >= 11 is 0. The van der Waals surface area contributed by atoms with Gasteiger partial charge in [-0.15, -0.1) is 0 Å². The van der Waals surface area contributed by atoms with E-state index in [1.807, 2.05) is 19.1 Å². The number of rotatable bonds is 3. The van der Waals surface area contributed by atoms with Crippen molar-refractivity contribution >= 4 is 0 Å². The zero-order chi connectivity index (χ0) is 13.1. The van der Waals surface area contributed by atoms with Crippen LogP contribution in [0.2, 0.25) is 0 Å². The van der Waals surface area contributed by atoms with Gasteiger partial charge in [-0.2, -0.15) is 0 Å². The van der Waals surface area contributed by atoms with E-state index >= 15 is 0 Å². The molecule has 0 radical (unpaired) electrons. The Morgan fingerprint density at radius 3 is 2.44 bits per heavy atom. The van der Waals surface area contributed by atoms with Crippen molar-refractivity contribution < 1.29 is 13.5 Å². The quantitative estimate of drug-likeness (QED) is 0.903. The molecule has 0 spiro atoms. The summed E-state index contributed by atoms with van der Waals surface area (Å²) in [4.78, 5) is 0. The molecule has 2 rings (SSSR count). The lowest BCUT2D eigenvalue weighted by molar-refractivity contribution is 0.459. The number of halogens is 2. The highest BCUT2D eigenvalue weighted by Crippen LogP contribution is 2.26. The average molecular weight is 249 g/mol. The lowest BCUT2D eigenvalue weighted by Gasteiger charge is -2.10. The molecule has 0 aromatic heterocycles. The Morgan fingerprint density at radius 2 is 1.83 bits per heavy atom. The second kappa shape index (κ2) is 5.14. The molecule has 2 nitrogen and oxygen atoms in total. The summed E-state index contributed by atoms with van der Waals surface area (Å²) < 4.78 is 31.3. The van der Waals surface area contributed by atoms with Crippen molar-refractivity contribution in [1.29, 1.82) is 0 Å². The van der Waals surface area contributed by atoms with E-state index in [9.17, 15) is 8.78 Å². The van der Waals surface area contributed by atoms with Crippen LogP contribution < -0.4 is 10.5 Å². The third-order valence-electron chi connectivity index (χ3n) is 2.59. The van der Waals surface area contributed by atoms with Gasteiger partial charge in [-0.05, 0) is 36.2 Å². The van der Waals surface area contributed by atoms with Gasteiger partial charge in [0.2, 0.25) is 0 Å². The highest BCUT2D eigenvalue weighted by Gasteiger charge is 2.06. The highest BCUT2D eigenvalue weighted by atomic mass is 19.2. The molecule has 2 N–H and O–H groups in total. The first kappa shape index (κ1) is 12.5. The van der Waals surface area contributed by atoms with Crippen LogP contribution in [0.1, 0.15) is 11.1 Å². The van der Waals surface area contributed by atoms with Crippen molar-refractivity contribution in [3.8, 4) is 11.5 Å². The third kappa shape index (κ3) is 2.65. The van der Waals surface area contributed by atoms with Gasteiger partial charge in [-0.3, -0.25) is 0 Å². The monoisotopic (exact) mass is 249 g/mol. The number of aryl methyl sites for hydroxylation is 1. The molecule has 0 aliphatic carbocycles. The molecule has 18 heavy (non-hydrogen) atoms. The van der Waals surface area contributed by atoms with E-state index in [1.54, 1.807) is 6.07 Å². The SMILES string of the molecule is Cc1cc(CN)ccc1Oc1ccc(F)c(F)c1. The van der Waals surface area contributed by atoms with Crippen molar-refractivity contribution in [3.05, 3.63) is 59.2 Å². The van der Waals surface area contributed by atoms with E-state index in [0.717, 1.165) is 23.3 Å². The molecule has 2 aromatic carbocycles. The smallest absolute Gasteiger partial charge is 0.162 e. The van der Waals surface area contributed by atoms with Gasteiger partial charge in [0.1, 0.15) is 11.5 Å². The topological polar surface area (TPSA) is 35.2 Å². The van der Waals surface area contributed by atoms with Gasteiger partial charge in [0.05, 0.1) is 0 Å². The molecule has 0 atom stereocenters. The fourth-order valence-corrected chi connectivity index (χ4v) is 1.62. The van der Waals surface area contributed by atoms with Crippen LogP contribution in [0.3, 0.4) is 0 Å². The van der Waals surface area contributed by atoms with Crippen LogP contribution in [0.25, 0.3) is 0 Å². The molecule has 0 bridgehead atoms. The molecule has 0 saturated carbocycles. The van der Waals surface area contributed by atoms with Crippen LogP contribution in [0.5, 0.6) is 11.5 Å². The van der Waals surface area contributed by atoms with E-state index in [0.29, 0.717) is 12.3 Å². The van der Waals surface area contributed by atoms with E-state index in [1.165, 1.54) is 6.07 Å². The van der Waals surface area contributed by atoms with E-state index in [-0.39, 0.29) is 5.75 Å². The Hall–Kier alpha value is -1.94. The minimum atomic E-state index is -0.927. The lowest BCUT2D eigenvalue weighted by Crippen LogP contribution is -1.97. The Balaban J connectivity index is 2.25. The second-order valence-electron chi connectivity index (χ2n) is 3.98. The molecule has 0 heterocycles. The second-order valence-corrected chi connectivity index (χ2v) is 3.98. The fourth-order valence-electron chi connectivity index (χ4n) is 1.62. The molecule has 0 aliphatic rings. The van der Waals surface area contributed by atoms with Crippen molar-refractivity contribution in [2.75, 3.05) is 0 Å². The van der Waals surface area contributed by atoms with Crippen molar-refractivity contribution in [3.63, 3.8) is 0 Å². The predicted octanol–water partition coefficient (Wildman–Crippen LogP) is 3.52. The molecular formula is C14H13F2NO. The first-order chi connectivity index (χ1) is 8.60. The zero-order valence-electron chi connectivity index (χ0n) is 9.91. The summed E-state index contributed by atoms with van der Waals surface area (Å²) in [5.41, 5.74) is 7.41. The normalized spacial score (nSPS) is 10.4. The van der Waals surface area contributed by atoms with Gasteiger partial charge in [0.25, 0.3) is 0 Å². The lowest BCUT2D eigenvalue weighted by atomic mass is 10.1. The molecule has 0 saturated heterocycles. The number of hydrogen-bond acceptors (Lipinski definition) is 2. The molecule has 0 aliphatic heterocycles. The Labute approximate surface area is 104 Å². The number of benzene rings is 2. The van der Waals surface area contributed by atoms with Gasteiger partial charge >= 0.3 is 0 Å². The molecule has 0 fully saturated rings. The maximum Gasteiger partial charge on any atom is 0.162 e. The molecule has 0 amide bonds. The molecule has 2 aromatic rings. The van der Waals surface area contributed by atoms with Gasteiger partial charge < -0.3 is 10.5 Å².